The van der Waals surface area contributed by atoms with Gasteiger partial charge in [0.25, 0.3) is 0 Å². The number of rotatable bonds is 9. The summed E-state index contributed by atoms with van der Waals surface area (Å²) in [6.45, 7) is 7.29. The number of imide groups is 1. The topological polar surface area (TPSA) is 97.5 Å². The molecule has 1 fully saturated rings. The summed E-state index contributed by atoms with van der Waals surface area (Å²) < 4.78 is 0. The monoisotopic (exact) mass is 342 g/mol. The van der Waals surface area contributed by atoms with Gasteiger partial charge in [0.2, 0.25) is 11.8 Å². The molecule has 1 aliphatic heterocycles. The Morgan fingerprint density at radius 2 is 1.83 bits per heavy atom. The van der Waals surface area contributed by atoms with Gasteiger partial charge in [-0.05, 0) is 0 Å². The van der Waals surface area contributed by atoms with E-state index in [1.165, 1.54) is 11.8 Å². The van der Waals surface area contributed by atoms with Crippen molar-refractivity contribution in [2.45, 2.75) is 51.8 Å². The van der Waals surface area contributed by atoms with Crippen LogP contribution in [0.25, 0.3) is 0 Å². The highest BCUT2D eigenvalue weighted by Crippen LogP contribution is 2.26. The van der Waals surface area contributed by atoms with Crippen LogP contribution in [-0.4, -0.2) is 51.9 Å². The number of ketones is 2. The van der Waals surface area contributed by atoms with Crippen LogP contribution in [0.5, 0.6) is 0 Å². The van der Waals surface area contributed by atoms with Gasteiger partial charge in [0.05, 0.1) is 11.3 Å². The Kier molecular flexibility index (Phi) is 7.41. The van der Waals surface area contributed by atoms with Crippen molar-refractivity contribution < 1.29 is 19.2 Å². The fourth-order valence-electron chi connectivity index (χ4n) is 2.26. The first-order valence-electron chi connectivity index (χ1n) is 7.93. The molecule has 2 N–H and O–H groups in total. The Morgan fingerprint density at radius 3 is 2.35 bits per heavy atom. The minimum Gasteiger partial charge on any atom is -0.321 e. The molecule has 0 aliphatic carbocycles. The van der Waals surface area contributed by atoms with Crippen LogP contribution in [0.4, 0.5) is 0 Å². The number of Topliss-reactive ketones (excluding diaryl/α,β-unsaturated/α-hetero) is 2. The Hall–Kier alpha value is -1.21. The Bertz CT molecular complexity index is 490. The molecule has 1 rings (SSSR count). The minimum absolute atomic E-state index is 0.0336. The van der Waals surface area contributed by atoms with Crippen molar-refractivity contribution in [2.24, 2.45) is 17.6 Å². The molecule has 1 heterocycles. The summed E-state index contributed by atoms with van der Waals surface area (Å²) >= 11 is 1.25. The van der Waals surface area contributed by atoms with E-state index in [-0.39, 0.29) is 54.6 Å². The van der Waals surface area contributed by atoms with E-state index in [0.29, 0.717) is 5.75 Å². The number of nitrogens with zero attached hydrogens (tertiary/aromatic N) is 1. The van der Waals surface area contributed by atoms with Crippen LogP contribution in [0.1, 0.15) is 40.5 Å². The van der Waals surface area contributed by atoms with Crippen molar-refractivity contribution in [3.63, 3.8) is 0 Å². The lowest BCUT2D eigenvalue weighted by atomic mass is 10.0. The number of thioether (sulfide) groups is 1. The lowest BCUT2D eigenvalue weighted by Crippen LogP contribution is -2.37. The molecular formula is C16H26N2O4S. The fraction of sp³-hybridized carbons (Fsp3) is 0.750. The van der Waals surface area contributed by atoms with E-state index in [1.807, 2.05) is 0 Å². The van der Waals surface area contributed by atoms with Gasteiger partial charge in [-0.15, -0.1) is 11.8 Å². The van der Waals surface area contributed by atoms with Crippen molar-refractivity contribution >= 4 is 35.1 Å². The normalized spacial score (nSPS) is 19.8. The standard InChI is InChI=1S/C16H26N2O4S/c1-9(2)12(19)5-6-18-14(20)7-13(16(18)22)23-8-11(17)15(21)10(3)4/h9-11,13H,5-8,17H2,1-4H3. The zero-order chi connectivity index (χ0) is 17.7. The molecule has 0 aromatic carbocycles. The lowest BCUT2D eigenvalue weighted by Gasteiger charge is -2.16. The Labute approximate surface area is 141 Å². The minimum atomic E-state index is -0.625. The van der Waals surface area contributed by atoms with E-state index in [1.54, 1.807) is 27.7 Å². The number of likely N-dealkylation sites (tertiary alicyclic amines) is 1. The van der Waals surface area contributed by atoms with Crippen molar-refractivity contribution in [1.29, 1.82) is 0 Å². The van der Waals surface area contributed by atoms with Crippen LogP contribution in [0.15, 0.2) is 0 Å². The van der Waals surface area contributed by atoms with Gasteiger partial charge in [0.15, 0.2) is 5.78 Å². The molecule has 130 valence electrons. The average molecular weight is 342 g/mol. The van der Waals surface area contributed by atoms with Gasteiger partial charge in [0, 0.05) is 37.0 Å². The van der Waals surface area contributed by atoms with E-state index in [4.69, 9.17) is 5.73 Å². The van der Waals surface area contributed by atoms with Gasteiger partial charge in [0.1, 0.15) is 5.78 Å². The van der Waals surface area contributed by atoms with Gasteiger partial charge in [-0.25, -0.2) is 0 Å². The van der Waals surface area contributed by atoms with Gasteiger partial charge < -0.3 is 5.73 Å². The second-order valence-corrected chi connectivity index (χ2v) is 7.68. The first-order valence-corrected chi connectivity index (χ1v) is 8.97. The first kappa shape index (κ1) is 19.8. The third-order valence-electron chi connectivity index (χ3n) is 3.84. The summed E-state index contributed by atoms with van der Waals surface area (Å²) in [5.41, 5.74) is 5.82. The van der Waals surface area contributed by atoms with Gasteiger partial charge in [-0.3, -0.25) is 24.1 Å². The number of hydrogen-bond acceptors (Lipinski definition) is 6. The molecule has 23 heavy (non-hydrogen) atoms. The number of hydrogen-bond donors (Lipinski definition) is 1. The number of nitrogens with two attached hydrogens (primary N) is 1. The molecule has 2 amide bonds. The molecule has 2 atom stereocenters. The number of amides is 2. The highest BCUT2D eigenvalue weighted by atomic mass is 32.2. The van der Waals surface area contributed by atoms with Crippen LogP contribution in [0.3, 0.4) is 0 Å². The molecular weight excluding hydrogens is 316 g/mol. The molecule has 0 aromatic heterocycles. The quantitative estimate of drug-likeness (QED) is 0.628. The summed E-state index contributed by atoms with van der Waals surface area (Å²) in [5, 5.41) is -0.498. The zero-order valence-corrected chi connectivity index (χ0v) is 15.0. The van der Waals surface area contributed by atoms with E-state index in [0.717, 1.165) is 4.90 Å². The van der Waals surface area contributed by atoms with Gasteiger partial charge in [-0.1, -0.05) is 27.7 Å². The maximum atomic E-state index is 12.3. The third-order valence-corrected chi connectivity index (χ3v) is 5.16. The smallest absolute Gasteiger partial charge is 0.242 e. The van der Waals surface area contributed by atoms with Crippen LogP contribution in [-0.2, 0) is 19.2 Å². The Morgan fingerprint density at radius 1 is 1.22 bits per heavy atom. The van der Waals surface area contributed by atoms with Crippen LogP contribution in [0.2, 0.25) is 0 Å². The molecule has 6 nitrogen and oxygen atoms in total. The summed E-state index contributed by atoms with van der Waals surface area (Å²) in [6.07, 6.45) is 0.305. The molecule has 7 heteroatoms. The summed E-state index contributed by atoms with van der Waals surface area (Å²) in [6, 6.07) is -0.625. The second-order valence-electron chi connectivity index (χ2n) is 6.44. The van der Waals surface area contributed by atoms with Crippen molar-refractivity contribution in [1.82, 2.24) is 4.90 Å². The predicted octanol–water partition coefficient (Wildman–Crippen LogP) is 1.01. The molecule has 0 radical (unpaired) electrons. The van der Waals surface area contributed by atoms with Crippen LogP contribution in [0, 0.1) is 11.8 Å². The fourth-order valence-corrected chi connectivity index (χ4v) is 3.39. The van der Waals surface area contributed by atoms with Crippen LogP contribution < -0.4 is 5.73 Å². The SMILES string of the molecule is CC(C)C(=O)CCN1C(=O)CC(SCC(N)C(=O)C(C)C)C1=O. The molecule has 0 bridgehead atoms. The molecule has 1 saturated heterocycles. The largest absolute Gasteiger partial charge is 0.321 e. The van der Waals surface area contributed by atoms with E-state index < -0.39 is 11.3 Å². The van der Waals surface area contributed by atoms with E-state index in [9.17, 15) is 19.2 Å². The average Bonchev–Trinajstić information content (AvgIpc) is 2.75. The maximum absolute atomic E-state index is 12.3. The maximum Gasteiger partial charge on any atom is 0.242 e. The van der Waals surface area contributed by atoms with E-state index in [2.05, 4.69) is 0 Å². The van der Waals surface area contributed by atoms with E-state index >= 15 is 0 Å². The second kappa shape index (κ2) is 8.59. The number of carbonyl (C=O) groups is 4. The molecule has 0 spiro atoms. The van der Waals surface area contributed by atoms with Crippen molar-refractivity contribution in [2.75, 3.05) is 12.3 Å². The van der Waals surface area contributed by atoms with Crippen LogP contribution >= 0.6 is 11.8 Å². The molecule has 2 unspecified atom stereocenters. The zero-order valence-electron chi connectivity index (χ0n) is 14.2. The van der Waals surface area contributed by atoms with Gasteiger partial charge >= 0.3 is 0 Å². The number of carbonyl (C=O) groups excluding carboxylic acids is 4. The molecule has 0 aromatic rings. The summed E-state index contributed by atoms with van der Waals surface area (Å²) in [4.78, 5) is 48.8. The highest BCUT2D eigenvalue weighted by molar-refractivity contribution is 8.00. The Balaban J connectivity index is 2.52. The lowest BCUT2D eigenvalue weighted by molar-refractivity contribution is -0.138. The summed E-state index contributed by atoms with van der Waals surface area (Å²) in [5.74, 6) is -0.481. The first-order chi connectivity index (χ1) is 10.6. The highest BCUT2D eigenvalue weighted by Gasteiger charge is 2.39. The third kappa shape index (κ3) is 5.42. The van der Waals surface area contributed by atoms with Crippen molar-refractivity contribution in [3.05, 3.63) is 0 Å². The van der Waals surface area contributed by atoms with Crippen molar-refractivity contribution in [3.8, 4) is 0 Å². The molecule has 1 aliphatic rings. The van der Waals surface area contributed by atoms with Gasteiger partial charge in [-0.2, -0.15) is 0 Å². The molecule has 0 saturated carbocycles. The summed E-state index contributed by atoms with van der Waals surface area (Å²) in [7, 11) is 0. The predicted molar refractivity (Wildman–Crippen MR) is 89.9 cm³/mol.